The van der Waals surface area contributed by atoms with Crippen LogP contribution in [0, 0.1) is 6.92 Å². The van der Waals surface area contributed by atoms with E-state index in [9.17, 15) is 9.59 Å². The molecule has 1 aromatic rings. The zero-order valence-corrected chi connectivity index (χ0v) is 7.73. The number of benzene rings is 1. The number of aliphatic carboxylic acids is 1. The monoisotopic (exact) mass is 193 g/mol. The summed E-state index contributed by atoms with van der Waals surface area (Å²) in [5.41, 5.74) is 6.98. The third-order valence-corrected chi connectivity index (χ3v) is 1.97. The van der Waals surface area contributed by atoms with Gasteiger partial charge in [0.05, 0.1) is 0 Å². The summed E-state index contributed by atoms with van der Waals surface area (Å²) >= 11 is 0. The summed E-state index contributed by atoms with van der Waals surface area (Å²) < 4.78 is 0. The molecule has 0 bridgehead atoms. The van der Waals surface area contributed by atoms with Crippen LogP contribution in [0.4, 0.5) is 0 Å². The summed E-state index contributed by atoms with van der Waals surface area (Å²) in [5, 5.41) is 8.68. The Bertz CT molecular complexity index is 374. The Labute approximate surface area is 81.3 Å². The highest BCUT2D eigenvalue weighted by atomic mass is 16.4. The number of carbonyl (C=O) groups is 2. The van der Waals surface area contributed by atoms with Crippen molar-refractivity contribution in [3.05, 3.63) is 34.9 Å². The molecule has 1 atom stereocenters. The molecule has 0 radical (unpaired) electrons. The van der Waals surface area contributed by atoms with Crippen LogP contribution >= 0.6 is 0 Å². The van der Waals surface area contributed by atoms with Crippen LogP contribution < -0.4 is 5.73 Å². The zero-order valence-electron chi connectivity index (χ0n) is 7.73. The van der Waals surface area contributed by atoms with Gasteiger partial charge in [0.15, 0.2) is 0 Å². The van der Waals surface area contributed by atoms with Crippen molar-refractivity contribution in [3.63, 3.8) is 0 Å². The van der Waals surface area contributed by atoms with Crippen molar-refractivity contribution in [1.29, 1.82) is 0 Å². The number of carboxylic acid groups (broad SMARTS) is 1. The van der Waals surface area contributed by atoms with Crippen LogP contribution in [0.25, 0.3) is 0 Å². The Balaban J connectivity index is 3.20. The van der Waals surface area contributed by atoms with Crippen LogP contribution in [-0.2, 0) is 4.79 Å². The van der Waals surface area contributed by atoms with Gasteiger partial charge in [0.2, 0.25) is 0 Å². The highest BCUT2D eigenvalue weighted by molar-refractivity contribution is 5.83. The summed E-state index contributed by atoms with van der Waals surface area (Å²) in [7, 11) is 0. The van der Waals surface area contributed by atoms with E-state index in [1.807, 2.05) is 6.92 Å². The minimum atomic E-state index is -1.14. The van der Waals surface area contributed by atoms with Gasteiger partial charge in [0.25, 0.3) is 0 Å². The smallest absolute Gasteiger partial charge is 0.325 e. The molecule has 0 heterocycles. The summed E-state index contributed by atoms with van der Waals surface area (Å²) in [6, 6.07) is 3.77. The molecule has 74 valence electrons. The lowest BCUT2D eigenvalue weighted by atomic mass is 10.00. The fourth-order valence-corrected chi connectivity index (χ4v) is 1.21. The van der Waals surface area contributed by atoms with Gasteiger partial charge in [0, 0.05) is 5.56 Å². The second kappa shape index (κ2) is 4.02. The maximum atomic E-state index is 10.7. The molecule has 0 saturated heterocycles. The molecule has 3 N–H and O–H groups in total. The van der Waals surface area contributed by atoms with E-state index in [1.54, 1.807) is 18.2 Å². The largest absolute Gasteiger partial charge is 0.480 e. The van der Waals surface area contributed by atoms with Gasteiger partial charge < -0.3 is 10.8 Å². The van der Waals surface area contributed by atoms with Gasteiger partial charge in [0.1, 0.15) is 12.3 Å². The molecule has 0 aromatic heterocycles. The molecule has 1 unspecified atom stereocenters. The Morgan fingerprint density at radius 1 is 1.57 bits per heavy atom. The van der Waals surface area contributed by atoms with Crippen molar-refractivity contribution in [2.45, 2.75) is 13.0 Å². The van der Waals surface area contributed by atoms with Gasteiger partial charge in [-0.2, -0.15) is 0 Å². The first-order valence-corrected chi connectivity index (χ1v) is 4.10. The molecule has 14 heavy (non-hydrogen) atoms. The second-order valence-corrected chi connectivity index (χ2v) is 3.07. The maximum absolute atomic E-state index is 10.7. The van der Waals surface area contributed by atoms with E-state index in [2.05, 4.69) is 0 Å². The number of rotatable bonds is 3. The van der Waals surface area contributed by atoms with Gasteiger partial charge in [-0.15, -0.1) is 0 Å². The molecule has 0 saturated carbocycles. The normalized spacial score (nSPS) is 12.1. The molecule has 0 aliphatic carbocycles. The van der Waals surface area contributed by atoms with Crippen LogP contribution in [-0.4, -0.2) is 17.4 Å². The number of carboxylic acids is 1. The van der Waals surface area contributed by atoms with Crippen molar-refractivity contribution in [3.8, 4) is 0 Å². The van der Waals surface area contributed by atoms with Gasteiger partial charge >= 0.3 is 5.97 Å². The summed E-state index contributed by atoms with van der Waals surface area (Å²) in [5.74, 6) is -1.14. The Hall–Kier alpha value is -1.68. The van der Waals surface area contributed by atoms with Crippen molar-refractivity contribution in [2.75, 3.05) is 0 Å². The molecular formula is C10H11NO3. The van der Waals surface area contributed by atoms with Gasteiger partial charge in [-0.1, -0.05) is 17.7 Å². The number of hydrogen-bond acceptors (Lipinski definition) is 3. The Morgan fingerprint density at radius 2 is 2.21 bits per heavy atom. The van der Waals surface area contributed by atoms with Crippen LogP contribution in [0.1, 0.15) is 27.5 Å². The summed E-state index contributed by atoms with van der Waals surface area (Å²) in [6.07, 6.45) is 0.616. The molecule has 1 aromatic carbocycles. The number of aryl methyl sites for hydroxylation is 1. The van der Waals surface area contributed by atoms with E-state index in [4.69, 9.17) is 10.8 Å². The topological polar surface area (TPSA) is 80.4 Å². The quantitative estimate of drug-likeness (QED) is 0.698. The SMILES string of the molecule is Cc1ccc(C(N)C(=O)O)c(C=O)c1. The van der Waals surface area contributed by atoms with Crippen LogP contribution in [0.5, 0.6) is 0 Å². The number of nitrogens with two attached hydrogens (primary N) is 1. The number of carbonyl (C=O) groups excluding carboxylic acids is 1. The van der Waals surface area contributed by atoms with E-state index < -0.39 is 12.0 Å². The third-order valence-electron chi connectivity index (χ3n) is 1.97. The molecule has 1 rings (SSSR count). The fraction of sp³-hybridized carbons (Fsp3) is 0.200. The molecule has 4 nitrogen and oxygen atoms in total. The van der Waals surface area contributed by atoms with Gasteiger partial charge in [-0.05, 0) is 18.6 Å². The molecule has 0 amide bonds. The molecule has 0 spiro atoms. The van der Waals surface area contributed by atoms with E-state index >= 15 is 0 Å². The number of aldehydes is 1. The van der Waals surface area contributed by atoms with Crippen molar-refractivity contribution in [1.82, 2.24) is 0 Å². The van der Waals surface area contributed by atoms with Crippen molar-refractivity contribution < 1.29 is 14.7 Å². The highest BCUT2D eigenvalue weighted by Gasteiger charge is 2.17. The van der Waals surface area contributed by atoms with E-state index in [-0.39, 0.29) is 0 Å². The summed E-state index contributed by atoms with van der Waals surface area (Å²) in [6.45, 7) is 1.82. The molecular weight excluding hydrogens is 182 g/mol. The van der Waals surface area contributed by atoms with E-state index in [0.717, 1.165) is 5.56 Å². The first-order chi connectivity index (χ1) is 6.56. The average molecular weight is 193 g/mol. The molecule has 0 aliphatic rings. The van der Waals surface area contributed by atoms with Crippen LogP contribution in [0.15, 0.2) is 18.2 Å². The third kappa shape index (κ3) is 1.97. The van der Waals surface area contributed by atoms with Gasteiger partial charge in [-0.3, -0.25) is 9.59 Å². The first-order valence-electron chi connectivity index (χ1n) is 4.10. The predicted molar refractivity (Wildman–Crippen MR) is 51.1 cm³/mol. The molecule has 0 aliphatic heterocycles. The lowest BCUT2D eigenvalue weighted by Crippen LogP contribution is -2.22. The summed E-state index contributed by atoms with van der Waals surface area (Å²) in [4.78, 5) is 21.3. The molecule has 0 fully saturated rings. The standard InChI is InChI=1S/C10H11NO3/c1-6-2-3-8(7(4-6)5-12)9(11)10(13)14/h2-5,9H,11H2,1H3,(H,13,14). The fourth-order valence-electron chi connectivity index (χ4n) is 1.21. The zero-order chi connectivity index (χ0) is 10.7. The lowest BCUT2D eigenvalue weighted by molar-refractivity contribution is -0.138. The maximum Gasteiger partial charge on any atom is 0.325 e. The number of hydrogen-bond donors (Lipinski definition) is 2. The lowest BCUT2D eigenvalue weighted by Gasteiger charge is -2.09. The van der Waals surface area contributed by atoms with Crippen LogP contribution in [0.3, 0.4) is 0 Å². The first kappa shape index (κ1) is 10.4. The van der Waals surface area contributed by atoms with E-state index in [1.165, 1.54) is 0 Å². The van der Waals surface area contributed by atoms with Crippen molar-refractivity contribution >= 4 is 12.3 Å². The minimum Gasteiger partial charge on any atom is -0.480 e. The van der Waals surface area contributed by atoms with E-state index in [0.29, 0.717) is 17.4 Å². The van der Waals surface area contributed by atoms with Crippen molar-refractivity contribution in [2.24, 2.45) is 5.73 Å². The van der Waals surface area contributed by atoms with Gasteiger partial charge in [-0.25, -0.2) is 0 Å². The Morgan fingerprint density at radius 3 is 2.71 bits per heavy atom. The Kier molecular flexibility index (Phi) is 2.99. The second-order valence-electron chi connectivity index (χ2n) is 3.07. The highest BCUT2D eigenvalue weighted by Crippen LogP contribution is 2.16. The van der Waals surface area contributed by atoms with Crippen LogP contribution in [0.2, 0.25) is 0 Å². The molecule has 4 heteroatoms. The minimum absolute atomic E-state index is 0.333. The predicted octanol–water partition coefficient (Wildman–Crippen LogP) is 0.892. The average Bonchev–Trinajstić information content (AvgIpc) is 2.16.